The number of nitrogens with one attached hydrogen (secondary N) is 1. The van der Waals surface area contributed by atoms with Crippen molar-refractivity contribution in [1.82, 2.24) is 9.29 Å². The number of nitrogens with two attached hydrogens (primary N) is 1. The lowest BCUT2D eigenvalue weighted by molar-refractivity contribution is 0.0916. The molecule has 0 aliphatic carbocycles. The van der Waals surface area contributed by atoms with Crippen LogP contribution in [0.4, 0.5) is 0 Å². The standard InChI is InChI=1S/C16H21N3O3S.ClH/c1-12-4-6-14(7-5-12)23(21,22)19-9-8-13(10-19)15(20)18-16(2,3)11-17;/h4-10H,11,17H2,1-3H3,(H,18,20);1H. The number of nitrogens with zero attached hydrogens (tertiary/aromatic N) is 1. The van der Waals surface area contributed by atoms with Crippen molar-refractivity contribution in [2.24, 2.45) is 5.73 Å². The lowest BCUT2D eigenvalue weighted by Crippen LogP contribution is -2.48. The molecule has 0 aliphatic rings. The minimum absolute atomic E-state index is 0. The highest BCUT2D eigenvalue weighted by Crippen LogP contribution is 2.16. The molecular formula is C16H22ClN3O3S. The van der Waals surface area contributed by atoms with Gasteiger partial charge in [0.15, 0.2) is 0 Å². The molecule has 2 rings (SSSR count). The van der Waals surface area contributed by atoms with E-state index < -0.39 is 15.6 Å². The molecule has 8 heteroatoms. The molecule has 6 nitrogen and oxygen atoms in total. The van der Waals surface area contributed by atoms with Crippen LogP contribution in [-0.2, 0) is 10.0 Å². The molecule has 1 amide bonds. The van der Waals surface area contributed by atoms with Gasteiger partial charge in [0, 0.05) is 24.5 Å². The van der Waals surface area contributed by atoms with Crippen LogP contribution in [0.1, 0.15) is 29.8 Å². The minimum Gasteiger partial charge on any atom is -0.346 e. The second-order valence-corrected chi connectivity index (χ2v) is 7.93. The highest BCUT2D eigenvalue weighted by molar-refractivity contribution is 7.90. The third kappa shape index (κ3) is 4.37. The van der Waals surface area contributed by atoms with Gasteiger partial charge in [-0.1, -0.05) is 17.7 Å². The summed E-state index contributed by atoms with van der Waals surface area (Å²) in [4.78, 5) is 12.3. The number of benzene rings is 1. The Bertz CT molecular complexity index is 811. The van der Waals surface area contributed by atoms with E-state index in [4.69, 9.17) is 5.73 Å². The number of aromatic nitrogens is 1. The normalized spacial score (nSPS) is 11.7. The first-order chi connectivity index (χ1) is 10.7. The molecule has 132 valence electrons. The number of halogens is 1. The predicted octanol–water partition coefficient (Wildman–Crippen LogP) is 1.92. The highest BCUT2D eigenvalue weighted by atomic mass is 35.5. The van der Waals surface area contributed by atoms with E-state index in [9.17, 15) is 13.2 Å². The van der Waals surface area contributed by atoms with E-state index in [2.05, 4.69) is 5.32 Å². The van der Waals surface area contributed by atoms with E-state index in [-0.39, 0.29) is 35.3 Å². The summed E-state index contributed by atoms with van der Waals surface area (Å²) in [6, 6.07) is 8.01. The van der Waals surface area contributed by atoms with E-state index >= 15 is 0 Å². The first kappa shape index (κ1) is 20.2. The molecule has 1 heterocycles. The zero-order valence-electron chi connectivity index (χ0n) is 13.8. The van der Waals surface area contributed by atoms with Crippen molar-refractivity contribution in [2.75, 3.05) is 6.54 Å². The first-order valence-corrected chi connectivity index (χ1v) is 8.62. The van der Waals surface area contributed by atoms with Gasteiger partial charge in [-0.25, -0.2) is 12.4 Å². The monoisotopic (exact) mass is 371 g/mol. The van der Waals surface area contributed by atoms with Gasteiger partial charge in [0.05, 0.1) is 10.5 Å². The van der Waals surface area contributed by atoms with E-state index in [0.717, 1.165) is 9.54 Å². The van der Waals surface area contributed by atoms with Crippen LogP contribution in [0.5, 0.6) is 0 Å². The molecule has 0 unspecified atom stereocenters. The van der Waals surface area contributed by atoms with Gasteiger partial charge in [-0.15, -0.1) is 12.4 Å². The minimum atomic E-state index is -3.71. The zero-order chi connectivity index (χ0) is 17.3. The summed E-state index contributed by atoms with van der Waals surface area (Å²) < 4.78 is 26.1. The molecule has 3 N–H and O–H groups in total. The highest BCUT2D eigenvalue weighted by Gasteiger charge is 2.22. The lowest BCUT2D eigenvalue weighted by atomic mass is 10.1. The average Bonchev–Trinajstić information content (AvgIpc) is 2.98. The Hall–Kier alpha value is -1.83. The maximum absolute atomic E-state index is 12.5. The maximum Gasteiger partial charge on any atom is 0.267 e. The Labute approximate surface area is 148 Å². The Balaban J connectivity index is 0.00000288. The number of hydrogen-bond donors (Lipinski definition) is 2. The van der Waals surface area contributed by atoms with Gasteiger partial charge in [-0.05, 0) is 39.0 Å². The van der Waals surface area contributed by atoms with Crippen LogP contribution in [0.25, 0.3) is 0 Å². The molecule has 1 aromatic heterocycles. The Kier molecular flexibility index (Phi) is 6.21. The summed E-state index contributed by atoms with van der Waals surface area (Å²) >= 11 is 0. The van der Waals surface area contributed by atoms with Gasteiger partial charge < -0.3 is 11.1 Å². The van der Waals surface area contributed by atoms with E-state index in [1.165, 1.54) is 18.5 Å². The van der Waals surface area contributed by atoms with Crippen LogP contribution in [-0.4, -0.2) is 30.4 Å². The van der Waals surface area contributed by atoms with Gasteiger partial charge in [0.2, 0.25) is 0 Å². The fourth-order valence-electron chi connectivity index (χ4n) is 1.92. The van der Waals surface area contributed by atoms with Crippen molar-refractivity contribution in [3.05, 3.63) is 53.9 Å². The van der Waals surface area contributed by atoms with E-state index in [0.29, 0.717) is 0 Å². The smallest absolute Gasteiger partial charge is 0.267 e. The second kappa shape index (κ2) is 7.38. The molecule has 0 aliphatic heterocycles. The van der Waals surface area contributed by atoms with Crippen LogP contribution in [0.3, 0.4) is 0 Å². The topological polar surface area (TPSA) is 94.2 Å². The molecule has 0 saturated heterocycles. The number of rotatable bonds is 5. The summed E-state index contributed by atoms with van der Waals surface area (Å²) in [5.74, 6) is -0.363. The quantitative estimate of drug-likeness (QED) is 0.839. The molecule has 0 bridgehead atoms. The van der Waals surface area contributed by atoms with Crippen LogP contribution in [0.15, 0.2) is 47.6 Å². The predicted molar refractivity (Wildman–Crippen MR) is 96.0 cm³/mol. The first-order valence-electron chi connectivity index (χ1n) is 7.18. The van der Waals surface area contributed by atoms with Crippen LogP contribution in [0.2, 0.25) is 0 Å². The second-order valence-electron chi connectivity index (χ2n) is 6.09. The third-order valence-corrected chi connectivity index (χ3v) is 5.14. The number of carbonyl (C=O) groups excluding carboxylic acids is 1. The molecule has 1 aromatic carbocycles. The molecule has 0 spiro atoms. The molecule has 0 radical (unpaired) electrons. The number of hydrogen-bond acceptors (Lipinski definition) is 4. The lowest BCUT2D eigenvalue weighted by Gasteiger charge is -2.23. The van der Waals surface area contributed by atoms with Gasteiger partial charge in [0.1, 0.15) is 0 Å². The third-order valence-electron chi connectivity index (χ3n) is 3.49. The van der Waals surface area contributed by atoms with Crippen molar-refractivity contribution >= 4 is 28.3 Å². The molecule has 2 aromatic rings. The van der Waals surface area contributed by atoms with Gasteiger partial charge in [0.25, 0.3) is 15.9 Å². The molecule has 0 saturated carbocycles. The molecule has 24 heavy (non-hydrogen) atoms. The molecular weight excluding hydrogens is 350 g/mol. The largest absolute Gasteiger partial charge is 0.346 e. The summed E-state index contributed by atoms with van der Waals surface area (Å²) in [5, 5.41) is 2.76. The van der Waals surface area contributed by atoms with Crippen LogP contribution >= 0.6 is 12.4 Å². The Morgan fingerprint density at radius 1 is 1.21 bits per heavy atom. The number of amides is 1. The average molecular weight is 372 g/mol. The van der Waals surface area contributed by atoms with E-state index in [1.807, 2.05) is 6.92 Å². The fourth-order valence-corrected chi connectivity index (χ4v) is 3.12. The van der Waals surface area contributed by atoms with Gasteiger partial charge in [-0.3, -0.25) is 4.79 Å². The molecule has 0 fully saturated rings. The Morgan fingerprint density at radius 2 is 1.79 bits per heavy atom. The van der Waals surface area contributed by atoms with Gasteiger partial charge in [-0.2, -0.15) is 0 Å². The van der Waals surface area contributed by atoms with Crippen molar-refractivity contribution in [3.8, 4) is 0 Å². The SMILES string of the molecule is Cc1ccc(S(=O)(=O)n2ccc(C(=O)NC(C)(C)CN)c2)cc1.Cl. The van der Waals surface area contributed by atoms with E-state index in [1.54, 1.807) is 38.1 Å². The van der Waals surface area contributed by atoms with Crippen LogP contribution in [0, 0.1) is 6.92 Å². The maximum atomic E-state index is 12.5. The zero-order valence-corrected chi connectivity index (χ0v) is 15.4. The van der Waals surface area contributed by atoms with Gasteiger partial charge >= 0.3 is 0 Å². The van der Waals surface area contributed by atoms with Crippen LogP contribution < -0.4 is 11.1 Å². The Morgan fingerprint density at radius 3 is 2.33 bits per heavy atom. The number of aryl methyl sites for hydroxylation is 1. The van der Waals surface area contributed by atoms with Crippen molar-refractivity contribution in [2.45, 2.75) is 31.2 Å². The van der Waals surface area contributed by atoms with Crippen molar-refractivity contribution < 1.29 is 13.2 Å². The summed E-state index contributed by atoms with van der Waals surface area (Å²) in [6.45, 7) is 5.75. The summed E-state index contributed by atoms with van der Waals surface area (Å²) in [6.07, 6.45) is 2.66. The fraction of sp³-hybridized carbons (Fsp3) is 0.312. The summed E-state index contributed by atoms with van der Waals surface area (Å²) in [7, 11) is -3.71. The van der Waals surface area contributed by atoms with Crippen molar-refractivity contribution in [1.29, 1.82) is 0 Å². The molecule has 0 atom stereocenters. The van der Waals surface area contributed by atoms with Crippen molar-refractivity contribution in [3.63, 3.8) is 0 Å². The number of carbonyl (C=O) groups is 1. The summed E-state index contributed by atoms with van der Waals surface area (Å²) in [5.41, 5.74) is 6.26.